The first-order valence-corrected chi connectivity index (χ1v) is 3.56. The molecule has 0 radical (unpaired) electrons. The van der Waals surface area contributed by atoms with Crippen LogP contribution in [-0.4, -0.2) is 10.1 Å². The molecule has 0 spiro atoms. The van der Waals surface area contributed by atoms with E-state index in [0.717, 1.165) is 17.5 Å². The maximum absolute atomic E-state index is 9.11. The maximum atomic E-state index is 9.11. The average molecular weight is 149 g/mol. The van der Waals surface area contributed by atoms with Crippen LogP contribution in [0.1, 0.15) is 18.1 Å². The molecular formula is C9H11NO. The van der Waals surface area contributed by atoms with Crippen molar-refractivity contribution in [3.63, 3.8) is 0 Å². The van der Waals surface area contributed by atoms with Gasteiger partial charge in [-0.1, -0.05) is 13.5 Å². The summed E-state index contributed by atoms with van der Waals surface area (Å²) in [5, 5.41) is 9.11. The minimum atomic E-state index is 0.115. The second-order valence-electron chi connectivity index (χ2n) is 2.33. The van der Waals surface area contributed by atoms with Crippen molar-refractivity contribution in [2.24, 2.45) is 0 Å². The van der Waals surface area contributed by atoms with Gasteiger partial charge in [0.1, 0.15) is 5.76 Å². The molecular weight excluding hydrogens is 138 g/mol. The first kappa shape index (κ1) is 7.79. The minimum Gasteiger partial charge on any atom is -0.508 e. The third kappa shape index (κ3) is 1.58. The van der Waals surface area contributed by atoms with Crippen molar-refractivity contribution in [1.29, 1.82) is 0 Å². The van der Waals surface area contributed by atoms with Gasteiger partial charge >= 0.3 is 0 Å². The van der Waals surface area contributed by atoms with Crippen LogP contribution in [-0.2, 0) is 6.42 Å². The fraction of sp³-hybridized carbons (Fsp3) is 0.222. The third-order valence-electron chi connectivity index (χ3n) is 1.60. The highest BCUT2D eigenvalue weighted by molar-refractivity contribution is 5.58. The Morgan fingerprint density at radius 3 is 2.91 bits per heavy atom. The Kier molecular flexibility index (Phi) is 2.26. The van der Waals surface area contributed by atoms with E-state index >= 15 is 0 Å². The van der Waals surface area contributed by atoms with Crippen molar-refractivity contribution >= 4 is 5.76 Å². The van der Waals surface area contributed by atoms with E-state index in [9.17, 15) is 0 Å². The van der Waals surface area contributed by atoms with Gasteiger partial charge in [0.15, 0.2) is 0 Å². The molecule has 1 aromatic heterocycles. The summed E-state index contributed by atoms with van der Waals surface area (Å²) in [5.41, 5.74) is 1.82. The largest absolute Gasteiger partial charge is 0.508 e. The van der Waals surface area contributed by atoms with E-state index in [1.165, 1.54) is 0 Å². The molecule has 0 saturated heterocycles. The van der Waals surface area contributed by atoms with Crippen LogP contribution >= 0.6 is 0 Å². The monoisotopic (exact) mass is 149 g/mol. The lowest BCUT2D eigenvalue weighted by Crippen LogP contribution is -1.91. The van der Waals surface area contributed by atoms with E-state index in [-0.39, 0.29) is 5.76 Å². The van der Waals surface area contributed by atoms with E-state index in [1.54, 1.807) is 18.5 Å². The number of aliphatic hydroxyl groups excluding tert-OH is 1. The van der Waals surface area contributed by atoms with Gasteiger partial charge in [0.2, 0.25) is 0 Å². The predicted molar refractivity (Wildman–Crippen MR) is 45.3 cm³/mol. The third-order valence-corrected chi connectivity index (χ3v) is 1.60. The van der Waals surface area contributed by atoms with Gasteiger partial charge in [-0.15, -0.1) is 0 Å². The summed E-state index contributed by atoms with van der Waals surface area (Å²) in [7, 11) is 0. The minimum absolute atomic E-state index is 0.115. The molecule has 1 N–H and O–H groups in total. The number of rotatable bonds is 2. The SMILES string of the molecule is C=C(O)c1ccncc1CC. The number of nitrogens with zero attached hydrogens (tertiary/aromatic N) is 1. The van der Waals surface area contributed by atoms with Crippen LogP contribution in [0.4, 0.5) is 0 Å². The quantitative estimate of drug-likeness (QED) is 0.654. The highest BCUT2D eigenvalue weighted by Crippen LogP contribution is 2.13. The Morgan fingerprint density at radius 2 is 2.45 bits per heavy atom. The fourth-order valence-electron chi connectivity index (χ4n) is 0.990. The summed E-state index contributed by atoms with van der Waals surface area (Å²) in [5.74, 6) is 0.115. The number of aromatic nitrogens is 1. The number of aryl methyl sites for hydroxylation is 1. The zero-order valence-electron chi connectivity index (χ0n) is 6.54. The lowest BCUT2D eigenvalue weighted by Gasteiger charge is -2.03. The van der Waals surface area contributed by atoms with Gasteiger partial charge < -0.3 is 5.11 Å². The van der Waals surface area contributed by atoms with E-state index in [4.69, 9.17) is 5.11 Å². The fourth-order valence-corrected chi connectivity index (χ4v) is 0.990. The van der Waals surface area contributed by atoms with Crippen molar-refractivity contribution in [2.45, 2.75) is 13.3 Å². The summed E-state index contributed by atoms with van der Waals surface area (Å²) in [6.45, 7) is 5.48. The van der Waals surface area contributed by atoms with Gasteiger partial charge in [-0.25, -0.2) is 0 Å². The van der Waals surface area contributed by atoms with Crippen molar-refractivity contribution < 1.29 is 5.11 Å². The first-order valence-electron chi connectivity index (χ1n) is 3.56. The van der Waals surface area contributed by atoms with Crippen molar-refractivity contribution in [3.05, 3.63) is 36.2 Å². The topological polar surface area (TPSA) is 33.1 Å². The molecule has 1 aromatic rings. The van der Waals surface area contributed by atoms with Crippen LogP contribution in [0.25, 0.3) is 5.76 Å². The van der Waals surface area contributed by atoms with E-state index in [2.05, 4.69) is 11.6 Å². The Labute approximate surface area is 66.2 Å². The highest BCUT2D eigenvalue weighted by Gasteiger charge is 2.01. The number of pyridine rings is 1. The molecule has 1 heterocycles. The molecule has 2 nitrogen and oxygen atoms in total. The van der Waals surface area contributed by atoms with Gasteiger partial charge in [-0.2, -0.15) is 0 Å². The van der Waals surface area contributed by atoms with Gasteiger partial charge in [-0.3, -0.25) is 4.98 Å². The zero-order valence-corrected chi connectivity index (χ0v) is 6.54. The summed E-state index contributed by atoms with van der Waals surface area (Å²) in [4.78, 5) is 3.95. The summed E-state index contributed by atoms with van der Waals surface area (Å²) in [6.07, 6.45) is 4.26. The summed E-state index contributed by atoms with van der Waals surface area (Å²) < 4.78 is 0. The Morgan fingerprint density at radius 1 is 1.73 bits per heavy atom. The molecule has 0 fully saturated rings. The van der Waals surface area contributed by atoms with Crippen LogP contribution in [0.15, 0.2) is 25.0 Å². The van der Waals surface area contributed by atoms with Gasteiger partial charge in [-0.05, 0) is 18.1 Å². The van der Waals surface area contributed by atoms with Crippen molar-refractivity contribution in [3.8, 4) is 0 Å². The molecule has 0 aromatic carbocycles. The zero-order chi connectivity index (χ0) is 8.27. The van der Waals surface area contributed by atoms with E-state index in [1.807, 2.05) is 6.92 Å². The average Bonchev–Trinajstić information content (AvgIpc) is 2.04. The Hall–Kier alpha value is -1.31. The Balaban J connectivity index is 3.12. The second-order valence-corrected chi connectivity index (χ2v) is 2.33. The van der Waals surface area contributed by atoms with Gasteiger partial charge in [0, 0.05) is 18.0 Å². The van der Waals surface area contributed by atoms with E-state index < -0.39 is 0 Å². The van der Waals surface area contributed by atoms with Crippen LogP contribution in [0, 0.1) is 0 Å². The number of hydrogen-bond acceptors (Lipinski definition) is 2. The predicted octanol–water partition coefficient (Wildman–Crippen LogP) is 2.17. The molecule has 1 rings (SSSR count). The molecule has 2 heteroatoms. The summed E-state index contributed by atoms with van der Waals surface area (Å²) >= 11 is 0. The second kappa shape index (κ2) is 3.19. The molecule has 0 aliphatic heterocycles. The van der Waals surface area contributed by atoms with Gasteiger partial charge in [0.25, 0.3) is 0 Å². The molecule has 11 heavy (non-hydrogen) atoms. The first-order chi connectivity index (χ1) is 5.25. The maximum Gasteiger partial charge on any atom is 0.116 e. The number of hydrogen-bond donors (Lipinski definition) is 1. The van der Waals surface area contributed by atoms with Crippen LogP contribution < -0.4 is 0 Å². The summed E-state index contributed by atoms with van der Waals surface area (Å²) in [6, 6.07) is 1.77. The molecule has 0 aliphatic rings. The molecule has 0 unspecified atom stereocenters. The molecule has 58 valence electrons. The van der Waals surface area contributed by atoms with Crippen molar-refractivity contribution in [1.82, 2.24) is 4.98 Å². The highest BCUT2D eigenvalue weighted by atomic mass is 16.3. The molecule has 0 aliphatic carbocycles. The number of aliphatic hydroxyl groups is 1. The standard InChI is InChI=1S/C9H11NO/c1-3-8-6-10-5-4-9(8)7(2)11/h4-6,11H,2-3H2,1H3. The Bertz CT molecular complexity index is 268. The van der Waals surface area contributed by atoms with E-state index in [0.29, 0.717) is 0 Å². The molecule has 0 bridgehead atoms. The smallest absolute Gasteiger partial charge is 0.116 e. The lowest BCUT2D eigenvalue weighted by molar-refractivity contribution is 0.512. The van der Waals surface area contributed by atoms with Crippen LogP contribution in [0.5, 0.6) is 0 Å². The van der Waals surface area contributed by atoms with Crippen LogP contribution in [0.3, 0.4) is 0 Å². The molecule has 0 atom stereocenters. The molecule has 0 amide bonds. The normalized spacial score (nSPS) is 9.55. The lowest BCUT2D eigenvalue weighted by atomic mass is 10.1. The van der Waals surface area contributed by atoms with Crippen molar-refractivity contribution in [2.75, 3.05) is 0 Å². The van der Waals surface area contributed by atoms with Gasteiger partial charge in [0.05, 0.1) is 0 Å². The molecule has 0 saturated carbocycles. The van der Waals surface area contributed by atoms with Crippen LogP contribution in [0.2, 0.25) is 0 Å².